The molecule has 300 valence electrons. The van der Waals surface area contributed by atoms with Crippen LogP contribution < -0.4 is 15.4 Å². The number of nitrogens with zero attached hydrogens (tertiary/aromatic N) is 3. The number of alkyl halides is 1. The molecule has 1 aromatic rings. The molecule has 55 heavy (non-hydrogen) atoms. The summed E-state index contributed by atoms with van der Waals surface area (Å²) in [6.07, 6.45) is 2.10. The highest BCUT2D eigenvalue weighted by Crippen LogP contribution is 2.46. The molecule has 5 atom stereocenters. The Hall–Kier alpha value is -4.45. The number of hydrogen-bond acceptors (Lipinski definition) is 10. The molecule has 16 nitrogen and oxygen atoms in total. The van der Waals surface area contributed by atoms with E-state index in [9.17, 15) is 41.6 Å². The van der Waals surface area contributed by atoms with Crippen LogP contribution in [-0.4, -0.2) is 119 Å². The van der Waals surface area contributed by atoms with E-state index in [1.165, 1.54) is 21.9 Å². The summed E-state index contributed by atoms with van der Waals surface area (Å²) in [5.74, 6) is -4.53. The largest absolute Gasteiger partial charge is 0.444 e. The molecule has 0 radical (unpaired) electrons. The van der Waals surface area contributed by atoms with Crippen molar-refractivity contribution in [2.24, 2.45) is 5.92 Å². The first kappa shape index (κ1) is 40.2. The van der Waals surface area contributed by atoms with Crippen molar-refractivity contribution in [2.45, 2.75) is 107 Å². The fourth-order valence-corrected chi connectivity index (χ4v) is 8.72. The van der Waals surface area contributed by atoms with Crippen LogP contribution in [0, 0.1) is 11.7 Å². The summed E-state index contributed by atoms with van der Waals surface area (Å²) in [4.78, 5) is 85.8. The quantitative estimate of drug-likeness (QED) is 0.282. The number of ether oxygens (including phenoxy) is 2. The van der Waals surface area contributed by atoms with E-state index >= 15 is 0 Å². The Bertz CT molecular complexity index is 1890. The number of halogens is 2. The minimum Gasteiger partial charge on any atom is -0.444 e. The predicted octanol–water partition coefficient (Wildman–Crippen LogP) is 2.04. The molecule has 6 rings (SSSR count). The second-order valence-electron chi connectivity index (χ2n) is 15.7. The molecule has 1 saturated heterocycles. The Labute approximate surface area is 323 Å². The molecule has 3 N–H and O–H groups in total. The first-order valence-corrected chi connectivity index (χ1v) is 20.4. The van der Waals surface area contributed by atoms with E-state index in [-0.39, 0.29) is 45.6 Å². The lowest BCUT2D eigenvalue weighted by Gasteiger charge is -2.33. The van der Waals surface area contributed by atoms with E-state index in [1.807, 2.05) is 0 Å². The van der Waals surface area contributed by atoms with E-state index in [0.717, 1.165) is 4.90 Å². The van der Waals surface area contributed by atoms with Gasteiger partial charge in [0, 0.05) is 31.0 Å². The summed E-state index contributed by atoms with van der Waals surface area (Å²) in [7, 11) is -3.98. The van der Waals surface area contributed by atoms with Gasteiger partial charge >= 0.3 is 12.2 Å². The van der Waals surface area contributed by atoms with Crippen LogP contribution in [0.25, 0.3) is 0 Å². The Morgan fingerprint density at radius 3 is 2.51 bits per heavy atom. The third kappa shape index (κ3) is 9.17. The van der Waals surface area contributed by atoms with E-state index in [1.54, 1.807) is 39.0 Å². The van der Waals surface area contributed by atoms with Crippen molar-refractivity contribution in [1.82, 2.24) is 30.1 Å². The fourth-order valence-electron chi connectivity index (χ4n) is 7.19. The summed E-state index contributed by atoms with van der Waals surface area (Å²) >= 11 is 5.94. The fraction of sp³-hybridized carbons (Fsp3) is 0.611. The van der Waals surface area contributed by atoms with Gasteiger partial charge in [-0.05, 0) is 64.5 Å². The molecular weight excluding hydrogens is 763 g/mol. The van der Waals surface area contributed by atoms with Crippen LogP contribution in [0.3, 0.4) is 0 Å². The number of nitrogens with one attached hydrogen (secondary N) is 3. The van der Waals surface area contributed by atoms with Crippen LogP contribution in [0.15, 0.2) is 30.4 Å². The monoisotopic (exact) mass is 808 g/mol. The lowest BCUT2D eigenvalue weighted by atomic mass is 10.1. The van der Waals surface area contributed by atoms with Crippen LogP contribution >= 0.6 is 11.6 Å². The standard InChI is InChI=1S/C36H46ClFN6O10S/c1-35(2,3)54-33(49)39-27-20-42(29(45)16-37)13-6-4-5-9-22-15-36(22,32(48)41-55(51,52)24-11-12-24)40-30(46)28-14-23(18-44(28)31(27)47)53-34(50)43-17-21-8-7-10-26(38)25(21)19-43/h5,7-10,22-24,27-28H,4,6,11-20H2,1-3H3,(H,39,49)(H,40,46)(H,41,48)/b9-5-/t22-,23-,27+,28+,36-/m1/s1. The van der Waals surface area contributed by atoms with Crippen molar-refractivity contribution in [3.8, 4) is 0 Å². The van der Waals surface area contributed by atoms with Crippen LogP contribution in [0.1, 0.15) is 70.4 Å². The third-order valence-electron chi connectivity index (χ3n) is 10.3. The van der Waals surface area contributed by atoms with Gasteiger partial charge in [-0.3, -0.25) is 28.8 Å². The molecule has 1 aromatic carbocycles. The smallest absolute Gasteiger partial charge is 0.410 e. The van der Waals surface area contributed by atoms with Crippen molar-refractivity contribution < 1.29 is 51.0 Å². The minimum atomic E-state index is -3.98. The highest BCUT2D eigenvalue weighted by atomic mass is 35.5. The van der Waals surface area contributed by atoms with Crippen LogP contribution in [0.2, 0.25) is 0 Å². The number of sulfonamides is 1. The maximum atomic E-state index is 14.6. The van der Waals surface area contributed by atoms with Gasteiger partial charge in [0.1, 0.15) is 41.0 Å². The molecule has 3 aliphatic heterocycles. The number of hydrogen-bond donors (Lipinski definition) is 3. The highest BCUT2D eigenvalue weighted by molar-refractivity contribution is 7.91. The SMILES string of the molecule is CC(C)(C)OC(=O)N[C@H]1CN(C(=O)CCl)CCC/C=C\[C@@H]2C[C@@]2(C(=O)NS(=O)(=O)C2CC2)NC(=O)[C@@H]2C[C@@H](OC(=O)N3Cc4cccc(F)c4C3)CN2C1=O. The van der Waals surface area contributed by atoms with Crippen LogP contribution in [-0.2, 0) is 51.8 Å². The van der Waals surface area contributed by atoms with Gasteiger partial charge in [0.25, 0.3) is 5.91 Å². The molecule has 0 aromatic heterocycles. The summed E-state index contributed by atoms with van der Waals surface area (Å²) in [5.41, 5.74) is -1.65. The number of allylic oxidation sites excluding steroid dienone is 1. The van der Waals surface area contributed by atoms with E-state index in [4.69, 9.17) is 21.1 Å². The molecule has 3 fully saturated rings. The number of amides is 6. The minimum absolute atomic E-state index is 0.0528. The number of fused-ring (bicyclic) bond motifs is 3. The van der Waals surface area contributed by atoms with Crippen molar-refractivity contribution in [1.29, 1.82) is 0 Å². The summed E-state index contributed by atoms with van der Waals surface area (Å²) in [6.45, 7) is 4.37. The number of carbonyl (C=O) groups is 6. The van der Waals surface area contributed by atoms with Crippen molar-refractivity contribution in [2.75, 3.05) is 25.5 Å². The summed E-state index contributed by atoms with van der Waals surface area (Å²) in [6, 6.07) is 1.68. The molecule has 2 aliphatic carbocycles. The highest BCUT2D eigenvalue weighted by Gasteiger charge is 2.62. The lowest BCUT2D eigenvalue weighted by molar-refractivity contribution is -0.142. The summed E-state index contributed by atoms with van der Waals surface area (Å²) in [5, 5.41) is 4.57. The van der Waals surface area contributed by atoms with Gasteiger partial charge in [-0.2, -0.15) is 0 Å². The van der Waals surface area contributed by atoms with Gasteiger partial charge in [-0.25, -0.2) is 22.4 Å². The number of benzene rings is 1. The van der Waals surface area contributed by atoms with E-state index < -0.39 is 98.0 Å². The maximum absolute atomic E-state index is 14.6. The Morgan fingerprint density at radius 2 is 1.84 bits per heavy atom. The molecule has 3 heterocycles. The van der Waals surface area contributed by atoms with Crippen molar-refractivity contribution in [3.63, 3.8) is 0 Å². The zero-order valence-corrected chi connectivity index (χ0v) is 32.4. The molecule has 0 bridgehead atoms. The Balaban J connectivity index is 1.31. The van der Waals surface area contributed by atoms with Crippen LogP contribution in [0.4, 0.5) is 14.0 Å². The second kappa shape index (κ2) is 15.6. The molecule has 6 amide bonds. The number of alkyl carbamates (subject to hydrolysis) is 1. The maximum Gasteiger partial charge on any atom is 0.410 e. The Morgan fingerprint density at radius 1 is 1.09 bits per heavy atom. The Kier molecular flexibility index (Phi) is 11.4. The third-order valence-corrected chi connectivity index (χ3v) is 12.3. The van der Waals surface area contributed by atoms with Gasteiger partial charge in [-0.1, -0.05) is 24.3 Å². The van der Waals surface area contributed by atoms with Crippen LogP contribution in [0.5, 0.6) is 0 Å². The predicted molar refractivity (Wildman–Crippen MR) is 194 cm³/mol. The normalized spacial score (nSPS) is 27.7. The molecule has 2 saturated carbocycles. The molecule has 0 spiro atoms. The summed E-state index contributed by atoms with van der Waals surface area (Å²) < 4.78 is 53.4. The first-order chi connectivity index (χ1) is 25.9. The molecule has 19 heteroatoms. The molecular formula is C36H46ClFN6O10S. The average Bonchev–Trinajstić information content (AvgIpc) is 3.99. The number of rotatable bonds is 6. The van der Waals surface area contributed by atoms with E-state index in [2.05, 4.69) is 15.4 Å². The van der Waals surface area contributed by atoms with E-state index in [0.29, 0.717) is 36.8 Å². The van der Waals surface area contributed by atoms with Gasteiger partial charge in [0.2, 0.25) is 27.7 Å². The average molecular weight is 809 g/mol. The van der Waals surface area contributed by atoms with Gasteiger partial charge in [0.05, 0.1) is 24.9 Å². The number of carbonyl (C=O) groups excluding carboxylic acids is 6. The molecule has 0 unspecified atom stereocenters. The zero-order valence-electron chi connectivity index (χ0n) is 30.8. The zero-order chi connectivity index (χ0) is 39.9. The molecule has 5 aliphatic rings. The first-order valence-electron chi connectivity index (χ1n) is 18.3. The van der Waals surface area contributed by atoms with Crippen molar-refractivity contribution in [3.05, 3.63) is 47.3 Å². The van der Waals surface area contributed by atoms with Gasteiger partial charge < -0.3 is 29.9 Å². The van der Waals surface area contributed by atoms with Crippen molar-refractivity contribution >= 4 is 57.4 Å². The lowest BCUT2D eigenvalue weighted by Crippen LogP contribution is -2.60. The topological polar surface area (TPSA) is 201 Å². The van der Waals surface area contributed by atoms with Gasteiger partial charge in [0.15, 0.2) is 0 Å². The second-order valence-corrected chi connectivity index (χ2v) is 17.9. The van der Waals surface area contributed by atoms with Gasteiger partial charge in [-0.15, -0.1) is 11.6 Å².